The Morgan fingerprint density at radius 1 is 1.25 bits per heavy atom. The van der Waals surface area contributed by atoms with Gasteiger partial charge in [-0.15, -0.1) is 0 Å². The molecule has 0 spiro atoms. The topological polar surface area (TPSA) is 103 Å². The molecule has 3 aromatic rings. The number of likely N-dealkylation sites (tertiary alicyclic amines) is 1. The van der Waals surface area contributed by atoms with E-state index >= 15 is 0 Å². The molecule has 0 unspecified atom stereocenters. The third kappa shape index (κ3) is 2.55. The third-order valence-electron chi connectivity index (χ3n) is 4.27. The number of carbonyl (C=O) groups is 1. The molecule has 0 aliphatic carbocycles. The number of carbonyl (C=O) groups excluding carboxylic acids is 1. The fraction of sp³-hybridized carbons (Fsp3) is 0.429. The lowest BCUT2D eigenvalue weighted by molar-refractivity contribution is -0.133. The van der Waals surface area contributed by atoms with Gasteiger partial charge < -0.3 is 4.90 Å². The van der Waals surface area contributed by atoms with E-state index in [1.54, 1.807) is 22.0 Å². The Morgan fingerprint density at radius 3 is 3.00 bits per heavy atom. The maximum absolute atomic E-state index is 12.6. The van der Waals surface area contributed by atoms with Gasteiger partial charge in [0.2, 0.25) is 5.91 Å². The molecule has 1 saturated heterocycles. The van der Waals surface area contributed by atoms with Gasteiger partial charge in [-0.3, -0.25) is 9.59 Å². The van der Waals surface area contributed by atoms with Crippen LogP contribution in [0.3, 0.4) is 0 Å². The molecule has 0 bridgehead atoms. The van der Waals surface area contributed by atoms with Crippen molar-refractivity contribution in [2.24, 2.45) is 0 Å². The van der Waals surface area contributed by atoms with Crippen LogP contribution in [0.5, 0.6) is 0 Å². The average molecular weight is 328 g/mol. The first kappa shape index (κ1) is 14.5. The van der Waals surface area contributed by atoms with Crippen LogP contribution in [0, 0.1) is 0 Å². The number of fused-ring (bicyclic) bond motifs is 1. The van der Waals surface area contributed by atoms with Gasteiger partial charge in [-0.1, -0.05) is 0 Å². The number of nitrogens with zero attached hydrogens (tertiary/aromatic N) is 8. The summed E-state index contributed by atoms with van der Waals surface area (Å²) in [5.41, 5.74) is 0.0742. The summed E-state index contributed by atoms with van der Waals surface area (Å²) in [7, 11) is 0. The smallest absolute Gasteiger partial charge is 0.293 e. The number of aromatic nitrogens is 7. The predicted molar refractivity (Wildman–Crippen MR) is 82.1 cm³/mol. The van der Waals surface area contributed by atoms with Crippen LogP contribution >= 0.6 is 0 Å². The quantitative estimate of drug-likeness (QED) is 0.633. The standard InChI is InChI=1S/C14H16N8O2/c23-13(7-20-14(24)12-3-4-16-22(12)10-18-20)19-5-1-2-11(6-19)21-9-15-8-17-21/h3-4,8-11H,1-2,5-7H2/t11-/m1/s1. The van der Waals surface area contributed by atoms with Crippen LogP contribution in [0.25, 0.3) is 5.52 Å². The molecule has 4 rings (SSSR count). The molecule has 24 heavy (non-hydrogen) atoms. The summed E-state index contributed by atoms with van der Waals surface area (Å²) in [5, 5.41) is 12.1. The first-order valence-corrected chi connectivity index (χ1v) is 7.74. The first-order chi connectivity index (χ1) is 11.7. The lowest BCUT2D eigenvalue weighted by Gasteiger charge is -2.32. The van der Waals surface area contributed by atoms with Crippen molar-refractivity contribution in [1.29, 1.82) is 0 Å². The molecule has 0 N–H and O–H groups in total. The molecular formula is C14H16N8O2. The van der Waals surface area contributed by atoms with Gasteiger partial charge in [0, 0.05) is 13.1 Å². The van der Waals surface area contributed by atoms with E-state index in [2.05, 4.69) is 20.3 Å². The van der Waals surface area contributed by atoms with Crippen molar-refractivity contribution < 1.29 is 4.79 Å². The van der Waals surface area contributed by atoms with Crippen LogP contribution in [-0.4, -0.2) is 58.1 Å². The van der Waals surface area contributed by atoms with Crippen molar-refractivity contribution in [2.45, 2.75) is 25.4 Å². The van der Waals surface area contributed by atoms with Gasteiger partial charge in [0.05, 0.1) is 12.2 Å². The fourth-order valence-corrected chi connectivity index (χ4v) is 3.02. The molecule has 1 fully saturated rings. The monoisotopic (exact) mass is 328 g/mol. The lowest BCUT2D eigenvalue weighted by atomic mass is 10.1. The zero-order valence-corrected chi connectivity index (χ0v) is 12.9. The minimum Gasteiger partial charge on any atom is -0.339 e. The Hall–Kier alpha value is -3.04. The Morgan fingerprint density at radius 2 is 2.17 bits per heavy atom. The average Bonchev–Trinajstić information content (AvgIpc) is 3.29. The van der Waals surface area contributed by atoms with E-state index in [1.807, 2.05) is 0 Å². The molecule has 1 atom stereocenters. The second-order valence-corrected chi connectivity index (χ2v) is 5.77. The molecule has 10 heteroatoms. The third-order valence-corrected chi connectivity index (χ3v) is 4.27. The number of hydrogen-bond donors (Lipinski definition) is 0. The first-order valence-electron chi connectivity index (χ1n) is 7.74. The largest absolute Gasteiger partial charge is 0.339 e. The fourth-order valence-electron chi connectivity index (χ4n) is 3.02. The second kappa shape index (κ2) is 5.87. The summed E-state index contributed by atoms with van der Waals surface area (Å²) in [6, 6.07) is 1.72. The molecule has 124 valence electrons. The van der Waals surface area contributed by atoms with Gasteiger partial charge in [0.15, 0.2) is 0 Å². The molecule has 4 heterocycles. The van der Waals surface area contributed by atoms with E-state index < -0.39 is 0 Å². The van der Waals surface area contributed by atoms with E-state index in [4.69, 9.17) is 0 Å². The summed E-state index contributed by atoms with van der Waals surface area (Å²) < 4.78 is 4.35. The van der Waals surface area contributed by atoms with Gasteiger partial charge in [-0.2, -0.15) is 15.3 Å². The zero-order chi connectivity index (χ0) is 16.5. The van der Waals surface area contributed by atoms with Crippen molar-refractivity contribution in [3.8, 4) is 0 Å². The van der Waals surface area contributed by atoms with E-state index in [9.17, 15) is 9.59 Å². The number of piperidine rings is 1. The van der Waals surface area contributed by atoms with E-state index in [-0.39, 0.29) is 24.1 Å². The lowest BCUT2D eigenvalue weighted by Crippen LogP contribution is -2.43. The summed E-state index contributed by atoms with van der Waals surface area (Å²) in [5.74, 6) is -0.127. The Kier molecular flexibility index (Phi) is 3.56. The Bertz CT molecular complexity index is 912. The minimum absolute atomic E-state index is 0.0788. The maximum atomic E-state index is 12.6. The highest BCUT2D eigenvalue weighted by atomic mass is 16.2. The summed E-state index contributed by atoms with van der Waals surface area (Å²) in [6.45, 7) is 1.16. The van der Waals surface area contributed by atoms with Crippen molar-refractivity contribution in [3.05, 3.63) is 41.6 Å². The van der Waals surface area contributed by atoms with E-state index in [0.717, 1.165) is 12.8 Å². The van der Waals surface area contributed by atoms with Gasteiger partial charge in [0.1, 0.15) is 31.0 Å². The molecule has 0 aromatic carbocycles. The van der Waals surface area contributed by atoms with Gasteiger partial charge in [-0.25, -0.2) is 18.9 Å². The maximum Gasteiger partial charge on any atom is 0.293 e. The van der Waals surface area contributed by atoms with Gasteiger partial charge in [0.25, 0.3) is 5.56 Å². The highest BCUT2D eigenvalue weighted by Crippen LogP contribution is 2.20. The van der Waals surface area contributed by atoms with Crippen LogP contribution in [-0.2, 0) is 11.3 Å². The molecule has 0 radical (unpaired) electrons. The van der Waals surface area contributed by atoms with Crippen molar-refractivity contribution in [2.75, 3.05) is 13.1 Å². The molecule has 10 nitrogen and oxygen atoms in total. The minimum atomic E-state index is -0.326. The molecule has 1 aliphatic heterocycles. The van der Waals surface area contributed by atoms with Crippen LogP contribution in [0.15, 0.2) is 36.0 Å². The highest BCUT2D eigenvalue weighted by Gasteiger charge is 2.25. The van der Waals surface area contributed by atoms with Crippen molar-refractivity contribution >= 4 is 11.4 Å². The molecule has 1 amide bonds. The van der Waals surface area contributed by atoms with E-state index in [0.29, 0.717) is 18.6 Å². The summed E-state index contributed by atoms with van der Waals surface area (Å²) in [4.78, 5) is 30.6. The zero-order valence-electron chi connectivity index (χ0n) is 12.9. The van der Waals surface area contributed by atoms with Gasteiger partial charge in [-0.05, 0) is 18.9 Å². The van der Waals surface area contributed by atoms with Crippen LogP contribution in [0.4, 0.5) is 0 Å². The highest BCUT2D eigenvalue weighted by molar-refractivity contribution is 5.76. The summed E-state index contributed by atoms with van der Waals surface area (Å²) in [6.07, 6.45) is 7.95. The predicted octanol–water partition coefficient (Wildman–Crippen LogP) is -0.654. The van der Waals surface area contributed by atoms with Crippen molar-refractivity contribution in [3.63, 3.8) is 0 Å². The number of hydrogen-bond acceptors (Lipinski definition) is 6. The SMILES string of the molecule is O=C(Cn1ncn2nccc2c1=O)N1CCC[C@@H](n2cncn2)C1. The van der Waals surface area contributed by atoms with Crippen LogP contribution < -0.4 is 5.56 Å². The van der Waals surface area contributed by atoms with Crippen molar-refractivity contribution in [1.82, 2.24) is 39.1 Å². The molecular weight excluding hydrogens is 312 g/mol. The second-order valence-electron chi connectivity index (χ2n) is 5.77. The normalized spacial score (nSPS) is 18.2. The van der Waals surface area contributed by atoms with Crippen LogP contribution in [0.2, 0.25) is 0 Å². The van der Waals surface area contributed by atoms with E-state index in [1.165, 1.54) is 28.0 Å². The molecule has 1 aliphatic rings. The number of rotatable bonds is 3. The Labute approximate surface area is 136 Å². The van der Waals surface area contributed by atoms with Gasteiger partial charge >= 0.3 is 0 Å². The van der Waals surface area contributed by atoms with Crippen LogP contribution in [0.1, 0.15) is 18.9 Å². The number of amides is 1. The Balaban J connectivity index is 1.50. The molecule has 3 aromatic heterocycles. The molecule has 0 saturated carbocycles. The summed E-state index contributed by atoms with van der Waals surface area (Å²) >= 11 is 0.